The van der Waals surface area contributed by atoms with Crippen LogP contribution >= 0.6 is 0 Å². The first kappa shape index (κ1) is 23.7. The van der Waals surface area contributed by atoms with Gasteiger partial charge in [0, 0.05) is 0 Å². The van der Waals surface area contributed by atoms with E-state index in [1.165, 1.54) is 0 Å². The van der Waals surface area contributed by atoms with E-state index in [2.05, 4.69) is 12.2 Å². The molecule has 0 bridgehead atoms. The van der Waals surface area contributed by atoms with Crippen LogP contribution in [0.3, 0.4) is 0 Å². The summed E-state index contributed by atoms with van der Waals surface area (Å²) in [4.78, 5) is 0. The van der Waals surface area contributed by atoms with Crippen LogP contribution in [0.4, 0.5) is 0 Å². The molecule has 2 aromatic carbocycles. The Labute approximate surface area is 202 Å². The monoisotopic (exact) mass is 477 g/mol. The molecule has 0 amide bonds. The Morgan fingerprint density at radius 3 is 1.53 bits per heavy atom. The van der Waals surface area contributed by atoms with Crippen LogP contribution in [0.1, 0.15) is 11.1 Å². The number of para-hydroxylation sites is 2. The van der Waals surface area contributed by atoms with Gasteiger partial charge in [-0.2, -0.15) is 0 Å². The van der Waals surface area contributed by atoms with Crippen molar-refractivity contribution in [2.45, 2.75) is 12.1 Å². The van der Waals surface area contributed by atoms with Crippen LogP contribution in [-0.2, 0) is 18.8 Å². The van der Waals surface area contributed by atoms with E-state index in [0.717, 1.165) is 22.3 Å². The predicted octanol–water partition coefficient (Wildman–Crippen LogP) is 3.01. The number of halogens is 1. The Hall–Kier alpha value is -2.92. The van der Waals surface area contributed by atoms with Gasteiger partial charge in [-0.3, -0.25) is 0 Å². The molecule has 32 heavy (non-hydrogen) atoms. The number of phenols is 2. The summed E-state index contributed by atoms with van der Waals surface area (Å²) < 4.78 is 9.76. The molecule has 2 unspecified atom stereocenters. The molecule has 0 aliphatic heterocycles. The van der Waals surface area contributed by atoms with E-state index in [0.29, 0.717) is 0 Å². The second kappa shape index (κ2) is 11.6. The third-order valence-corrected chi connectivity index (χ3v) is 6.21. The van der Waals surface area contributed by atoms with Crippen LogP contribution in [0.25, 0.3) is 12.2 Å². The maximum Gasteiger partial charge on any atom is -1.00 e. The number of rotatable bonds is 4. The minimum atomic E-state index is -0.926. The number of hydrogen-bond acceptors (Lipinski definition) is 4. The maximum atomic E-state index is 10.1. The fraction of sp³-hybridized carbons (Fsp3) is 0.0769. The van der Waals surface area contributed by atoms with Crippen LogP contribution in [0, 0.1) is 0 Å². The molecule has 4 nitrogen and oxygen atoms in total. The third kappa shape index (κ3) is 6.07. The summed E-state index contributed by atoms with van der Waals surface area (Å²) in [7, 11) is 0. The molecule has 0 aromatic heterocycles. The molecule has 0 spiro atoms. The largest absolute Gasteiger partial charge is 1.00 e. The topological polar surface area (TPSA) is 65.2 Å². The molecule has 2 aliphatic rings. The van der Waals surface area contributed by atoms with Crippen molar-refractivity contribution >= 4 is 12.2 Å². The summed E-state index contributed by atoms with van der Waals surface area (Å²) in [6, 6.07) is 14.5. The van der Waals surface area contributed by atoms with E-state index in [-0.39, 0.29) is 36.0 Å². The Kier molecular flexibility index (Phi) is 8.63. The van der Waals surface area contributed by atoms with Gasteiger partial charge >= 0.3 is 191 Å². The van der Waals surface area contributed by atoms with Gasteiger partial charge in [-0.05, 0) is 0 Å². The quantitative estimate of drug-likeness (QED) is 0.665. The van der Waals surface area contributed by atoms with Gasteiger partial charge < -0.3 is 12.4 Å². The number of nitrogens with zero attached hydrogens (tertiary/aromatic N) is 2. The molecule has 0 saturated carbocycles. The van der Waals surface area contributed by atoms with Crippen molar-refractivity contribution in [1.29, 1.82) is 0 Å². The summed E-state index contributed by atoms with van der Waals surface area (Å²) in [5, 5.41) is 20.2. The van der Waals surface area contributed by atoms with Crippen molar-refractivity contribution in [1.82, 2.24) is 0 Å². The summed E-state index contributed by atoms with van der Waals surface area (Å²) in [6.45, 7) is 0. The number of aromatic hydroxyl groups is 2. The Morgan fingerprint density at radius 1 is 0.656 bits per heavy atom. The van der Waals surface area contributed by atoms with E-state index in [4.69, 9.17) is 6.84 Å². The minimum Gasteiger partial charge on any atom is -1.00 e. The third-order valence-electron chi connectivity index (χ3n) is 4.98. The normalized spacial score (nSPS) is 21.2. The molecule has 0 saturated heterocycles. The molecule has 2 aromatic rings. The van der Waals surface area contributed by atoms with Crippen LogP contribution in [-0.4, -0.2) is 22.3 Å². The SMILES string of the molecule is Oc1ccccc1C=C1C=CC=CC1[N]=[Ti+]=[N]C1C=CC=CC1=Cc1ccccc1O.[Cl-]. The fourth-order valence-electron chi connectivity index (χ4n) is 3.33. The van der Waals surface area contributed by atoms with Crippen molar-refractivity contribution in [3.8, 4) is 11.5 Å². The number of hydrogen-bond donors (Lipinski definition) is 2. The number of allylic oxidation sites excluding steroid dienone is 4. The first-order chi connectivity index (χ1) is 15.2. The van der Waals surface area contributed by atoms with Crippen molar-refractivity contribution in [2.75, 3.05) is 0 Å². The Bertz CT molecular complexity index is 1130. The van der Waals surface area contributed by atoms with Gasteiger partial charge in [0.1, 0.15) is 0 Å². The molecule has 2 atom stereocenters. The van der Waals surface area contributed by atoms with E-state index in [1.807, 2.05) is 85.0 Å². The molecule has 0 radical (unpaired) electrons. The van der Waals surface area contributed by atoms with E-state index >= 15 is 0 Å². The van der Waals surface area contributed by atoms with Crippen LogP contribution in [0.15, 0.2) is 115 Å². The molecule has 2 aliphatic carbocycles. The van der Waals surface area contributed by atoms with Crippen LogP contribution in [0.2, 0.25) is 0 Å². The van der Waals surface area contributed by atoms with E-state index < -0.39 is 18.8 Å². The van der Waals surface area contributed by atoms with E-state index in [9.17, 15) is 10.2 Å². The van der Waals surface area contributed by atoms with Gasteiger partial charge in [0.05, 0.1) is 0 Å². The van der Waals surface area contributed by atoms with Crippen LogP contribution in [0.5, 0.6) is 11.5 Å². The summed E-state index contributed by atoms with van der Waals surface area (Å²) in [5.41, 5.74) is 3.63. The fourth-order valence-corrected chi connectivity index (χ4v) is 4.56. The zero-order valence-electron chi connectivity index (χ0n) is 17.2. The molecule has 159 valence electrons. The molecule has 6 heteroatoms. The molecule has 4 rings (SSSR count). The van der Waals surface area contributed by atoms with Crippen molar-refractivity contribution in [3.05, 3.63) is 119 Å². The number of phenolic OH excluding ortho intramolecular Hbond substituents is 2. The zero-order valence-corrected chi connectivity index (χ0v) is 19.5. The van der Waals surface area contributed by atoms with Gasteiger partial charge in [-0.1, -0.05) is 0 Å². The molecule has 0 fully saturated rings. The summed E-state index contributed by atoms with van der Waals surface area (Å²) in [5.74, 6) is 0.519. The van der Waals surface area contributed by atoms with Gasteiger partial charge in [0.15, 0.2) is 0 Å². The van der Waals surface area contributed by atoms with Crippen molar-refractivity contribution in [3.63, 3.8) is 0 Å². The Balaban J connectivity index is 0.00000289. The average Bonchev–Trinajstić information content (AvgIpc) is 2.79. The molecular formula is C26H22ClN2O2Ti. The molecular weight excluding hydrogens is 456 g/mol. The number of benzene rings is 2. The van der Waals surface area contributed by atoms with Crippen LogP contribution < -0.4 is 12.4 Å². The van der Waals surface area contributed by atoms with Crippen molar-refractivity contribution < 1.29 is 41.4 Å². The minimum absolute atomic E-state index is 0. The smallest absolute Gasteiger partial charge is 1.00 e. The predicted molar refractivity (Wildman–Crippen MR) is 121 cm³/mol. The summed E-state index contributed by atoms with van der Waals surface area (Å²) in [6.07, 6.45) is 20.1. The average molecular weight is 478 g/mol. The van der Waals surface area contributed by atoms with Gasteiger partial charge in [0.25, 0.3) is 0 Å². The zero-order chi connectivity index (χ0) is 21.5. The maximum absolute atomic E-state index is 10.1. The standard InChI is InChI=1S/2C13H11NO.ClH.Ti/c2*14-12-7-3-1-5-10(12)9-11-6-2-4-8-13(11)15;;/h2*1-9,12,15H;1H;/q;;;+1/p-1. The van der Waals surface area contributed by atoms with Crippen molar-refractivity contribution in [2.24, 2.45) is 6.84 Å². The second-order valence-electron chi connectivity index (χ2n) is 7.14. The summed E-state index contributed by atoms with van der Waals surface area (Å²) >= 11 is -0.926. The van der Waals surface area contributed by atoms with Gasteiger partial charge in [0.2, 0.25) is 0 Å². The van der Waals surface area contributed by atoms with Gasteiger partial charge in [-0.25, -0.2) is 0 Å². The first-order valence-electron chi connectivity index (χ1n) is 10.0. The Morgan fingerprint density at radius 2 is 1.09 bits per heavy atom. The molecule has 0 heterocycles. The van der Waals surface area contributed by atoms with E-state index in [1.54, 1.807) is 12.1 Å². The van der Waals surface area contributed by atoms with Gasteiger partial charge in [-0.15, -0.1) is 0 Å². The molecule has 2 N–H and O–H groups in total. The first-order valence-corrected chi connectivity index (χ1v) is 11.4. The second-order valence-corrected chi connectivity index (χ2v) is 8.26.